The Morgan fingerprint density at radius 2 is 1.88 bits per heavy atom. The molecule has 1 atom stereocenters. The van der Waals surface area contributed by atoms with E-state index in [0.29, 0.717) is 0 Å². The summed E-state index contributed by atoms with van der Waals surface area (Å²) in [6, 6.07) is 8.15. The fourth-order valence-corrected chi connectivity index (χ4v) is 3.63. The third-order valence-corrected chi connectivity index (χ3v) is 4.77. The molecular formula is C14H15BrOS. The van der Waals surface area contributed by atoms with Crippen molar-refractivity contribution in [3.05, 3.63) is 56.2 Å². The molecule has 1 heterocycles. The van der Waals surface area contributed by atoms with Crippen LogP contribution in [-0.4, -0.2) is 5.11 Å². The van der Waals surface area contributed by atoms with E-state index in [4.69, 9.17) is 0 Å². The van der Waals surface area contributed by atoms with Gasteiger partial charge in [-0.3, -0.25) is 0 Å². The van der Waals surface area contributed by atoms with Crippen LogP contribution in [0, 0.1) is 0 Å². The molecule has 0 saturated carbocycles. The van der Waals surface area contributed by atoms with Crippen LogP contribution < -0.4 is 0 Å². The number of benzene rings is 1. The number of aliphatic hydroxyl groups is 1. The summed E-state index contributed by atoms with van der Waals surface area (Å²) in [6.45, 7) is 3.96. The monoisotopic (exact) mass is 310 g/mol. The standard InChI is InChI=1S/C14H15BrOS/c1-3-10-4-6-11(7-5-10)14(2,16)12-8-17-9-13(12)15/h4-9,16H,3H2,1-2H3. The molecule has 17 heavy (non-hydrogen) atoms. The van der Waals surface area contributed by atoms with E-state index in [2.05, 4.69) is 35.0 Å². The quantitative estimate of drug-likeness (QED) is 0.894. The van der Waals surface area contributed by atoms with Gasteiger partial charge in [0, 0.05) is 15.4 Å². The summed E-state index contributed by atoms with van der Waals surface area (Å²) in [4.78, 5) is 0. The fourth-order valence-electron chi connectivity index (χ4n) is 1.85. The summed E-state index contributed by atoms with van der Waals surface area (Å²) < 4.78 is 0.965. The first-order chi connectivity index (χ1) is 8.05. The maximum absolute atomic E-state index is 10.7. The van der Waals surface area contributed by atoms with Crippen molar-refractivity contribution in [1.29, 1.82) is 0 Å². The molecule has 3 heteroatoms. The SMILES string of the molecule is CCc1ccc(C(C)(O)c2cscc2Br)cc1. The van der Waals surface area contributed by atoms with Crippen LogP contribution in [0.3, 0.4) is 0 Å². The third kappa shape index (κ3) is 2.46. The molecule has 2 rings (SSSR count). The van der Waals surface area contributed by atoms with Crippen LogP contribution in [-0.2, 0) is 12.0 Å². The first-order valence-corrected chi connectivity index (χ1v) is 7.33. The molecule has 1 N–H and O–H groups in total. The van der Waals surface area contributed by atoms with Crippen molar-refractivity contribution in [1.82, 2.24) is 0 Å². The van der Waals surface area contributed by atoms with Gasteiger partial charge in [0.15, 0.2) is 0 Å². The minimum absolute atomic E-state index is 0.923. The lowest BCUT2D eigenvalue weighted by Crippen LogP contribution is -2.22. The molecule has 0 saturated heterocycles. The predicted octanol–water partition coefficient (Wildman–Crippen LogP) is 4.33. The van der Waals surface area contributed by atoms with Gasteiger partial charge in [-0.2, -0.15) is 11.3 Å². The van der Waals surface area contributed by atoms with E-state index in [1.807, 2.05) is 29.8 Å². The molecule has 0 fully saturated rings. The molecule has 1 aromatic carbocycles. The number of thiophene rings is 1. The van der Waals surface area contributed by atoms with Gasteiger partial charge in [0.05, 0.1) is 0 Å². The van der Waals surface area contributed by atoms with Gasteiger partial charge in [-0.15, -0.1) is 0 Å². The van der Waals surface area contributed by atoms with E-state index in [1.165, 1.54) is 5.56 Å². The smallest absolute Gasteiger partial charge is 0.114 e. The summed E-state index contributed by atoms with van der Waals surface area (Å²) in [5.41, 5.74) is 2.19. The van der Waals surface area contributed by atoms with Crippen molar-refractivity contribution in [2.45, 2.75) is 25.9 Å². The summed E-state index contributed by atoms with van der Waals surface area (Å²) in [6.07, 6.45) is 1.02. The van der Waals surface area contributed by atoms with Crippen LogP contribution in [0.1, 0.15) is 30.5 Å². The molecule has 0 bridgehead atoms. The molecule has 1 unspecified atom stereocenters. The maximum Gasteiger partial charge on any atom is 0.114 e. The normalized spacial score (nSPS) is 14.6. The van der Waals surface area contributed by atoms with Crippen molar-refractivity contribution >= 4 is 27.3 Å². The average molecular weight is 311 g/mol. The molecule has 0 amide bonds. The molecule has 0 aliphatic heterocycles. The maximum atomic E-state index is 10.7. The first-order valence-electron chi connectivity index (χ1n) is 5.59. The topological polar surface area (TPSA) is 20.2 Å². The van der Waals surface area contributed by atoms with Crippen LogP contribution in [0.4, 0.5) is 0 Å². The molecular weight excluding hydrogens is 296 g/mol. The van der Waals surface area contributed by atoms with Crippen molar-refractivity contribution in [3.63, 3.8) is 0 Å². The third-order valence-electron chi connectivity index (χ3n) is 3.06. The lowest BCUT2D eigenvalue weighted by Gasteiger charge is -2.24. The summed E-state index contributed by atoms with van der Waals surface area (Å²) in [7, 11) is 0. The highest BCUT2D eigenvalue weighted by molar-refractivity contribution is 9.10. The Morgan fingerprint density at radius 1 is 1.24 bits per heavy atom. The molecule has 0 radical (unpaired) electrons. The van der Waals surface area contributed by atoms with Gasteiger partial charge in [-0.25, -0.2) is 0 Å². The molecule has 2 aromatic rings. The molecule has 1 nitrogen and oxygen atoms in total. The van der Waals surface area contributed by atoms with Crippen LogP contribution in [0.15, 0.2) is 39.5 Å². The number of rotatable bonds is 3. The molecule has 0 aliphatic rings. The van der Waals surface area contributed by atoms with E-state index in [1.54, 1.807) is 11.3 Å². The molecule has 1 aromatic heterocycles. The van der Waals surface area contributed by atoms with E-state index in [0.717, 1.165) is 22.0 Å². The van der Waals surface area contributed by atoms with E-state index in [-0.39, 0.29) is 0 Å². The number of hydrogen-bond acceptors (Lipinski definition) is 2. The van der Waals surface area contributed by atoms with Crippen LogP contribution in [0.5, 0.6) is 0 Å². The lowest BCUT2D eigenvalue weighted by molar-refractivity contribution is 0.102. The van der Waals surface area contributed by atoms with Crippen LogP contribution in [0.25, 0.3) is 0 Å². The Balaban J connectivity index is 2.40. The summed E-state index contributed by atoms with van der Waals surface area (Å²) in [5.74, 6) is 0. The fraction of sp³-hybridized carbons (Fsp3) is 0.286. The molecule has 90 valence electrons. The number of halogens is 1. The minimum atomic E-state index is -0.939. The Labute approximate surface area is 114 Å². The van der Waals surface area contributed by atoms with Gasteiger partial charge in [-0.1, -0.05) is 31.2 Å². The zero-order valence-corrected chi connectivity index (χ0v) is 12.3. The molecule has 0 aliphatic carbocycles. The Hall–Kier alpha value is -0.640. The van der Waals surface area contributed by atoms with E-state index >= 15 is 0 Å². The summed E-state index contributed by atoms with van der Waals surface area (Å²) >= 11 is 5.07. The highest BCUT2D eigenvalue weighted by Crippen LogP contribution is 2.36. The van der Waals surface area contributed by atoms with Crippen LogP contribution >= 0.6 is 27.3 Å². The minimum Gasteiger partial charge on any atom is -0.381 e. The second-order valence-corrected chi connectivity index (χ2v) is 5.85. The average Bonchev–Trinajstić information content (AvgIpc) is 2.76. The Bertz CT molecular complexity index is 499. The second-order valence-electron chi connectivity index (χ2n) is 4.26. The van der Waals surface area contributed by atoms with Gasteiger partial charge < -0.3 is 5.11 Å². The Kier molecular flexibility index (Phi) is 3.71. The van der Waals surface area contributed by atoms with Crippen LogP contribution in [0.2, 0.25) is 0 Å². The van der Waals surface area contributed by atoms with Crippen molar-refractivity contribution in [2.24, 2.45) is 0 Å². The highest BCUT2D eigenvalue weighted by atomic mass is 79.9. The van der Waals surface area contributed by atoms with Crippen molar-refractivity contribution in [3.8, 4) is 0 Å². The van der Waals surface area contributed by atoms with E-state index < -0.39 is 5.60 Å². The number of hydrogen-bond donors (Lipinski definition) is 1. The van der Waals surface area contributed by atoms with Gasteiger partial charge in [0.2, 0.25) is 0 Å². The first kappa shape index (κ1) is 12.8. The van der Waals surface area contributed by atoms with E-state index in [9.17, 15) is 5.11 Å². The number of aryl methyl sites for hydroxylation is 1. The van der Waals surface area contributed by atoms with Crippen molar-refractivity contribution < 1.29 is 5.11 Å². The lowest BCUT2D eigenvalue weighted by atomic mass is 9.89. The highest BCUT2D eigenvalue weighted by Gasteiger charge is 2.28. The zero-order valence-electron chi connectivity index (χ0n) is 9.90. The van der Waals surface area contributed by atoms with Gasteiger partial charge >= 0.3 is 0 Å². The van der Waals surface area contributed by atoms with Gasteiger partial charge in [0.1, 0.15) is 5.60 Å². The zero-order chi connectivity index (χ0) is 12.5. The van der Waals surface area contributed by atoms with Crippen molar-refractivity contribution in [2.75, 3.05) is 0 Å². The largest absolute Gasteiger partial charge is 0.381 e. The Morgan fingerprint density at radius 3 is 2.35 bits per heavy atom. The van der Waals surface area contributed by atoms with Gasteiger partial charge in [0.25, 0.3) is 0 Å². The second kappa shape index (κ2) is 4.92. The van der Waals surface area contributed by atoms with Gasteiger partial charge in [-0.05, 0) is 45.8 Å². The predicted molar refractivity (Wildman–Crippen MR) is 76.5 cm³/mol. The summed E-state index contributed by atoms with van der Waals surface area (Å²) in [5, 5.41) is 14.6. The molecule has 0 spiro atoms.